The lowest BCUT2D eigenvalue weighted by Crippen LogP contribution is -2.37. The summed E-state index contributed by atoms with van der Waals surface area (Å²) < 4.78 is 65.6. The summed E-state index contributed by atoms with van der Waals surface area (Å²) in [6.07, 6.45) is 3.23. The van der Waals surface area contributed by atoms with Crippen LogP contribution in [0.5, 0.6) is 0 Å². The van der Waals surface area contributed by atoms with Gasteiger partial charge in [-0.05, 0) is 12.1 Å². The highest BCUT2D eigenvalue weighted by molar-refractivity contribution is 6.13. The van der Waals surface area contributed by atoms with Crippen LogP contribution >= 0.6 is 0 Å². The van der Waals surface area contributed by atoms with Crippen LogP contribution in [0.1, 0.15) is 33.6 Å². The Balaban J connectivity index is 1.15. The van der Waals surface area contributed by atoms with Gasteiger partial charge in [0.2, 0.25) is 11.8 Å². The highest BCUT2D eigenvalue weighted by Gasteiger charge is 2.23. The molecule has 22 nitrogen and oxygen atoms in total. The van der Waals surface area contributed by atoms with E-state index < -0.39 is 11.8 Å². The molecule has 1 aromatic carbocycles. The van der Waals surface area contributed by atoms with Gasteiger partial charge in [0.25, 0.3) is 17.7 Å². The topological polar surface area (TPSA) is 253 Å². The molecule has 5 amide bonds. The molecule has 0 fully saturated rings. The second-order valence-corrected chi connectivity index (χ2v) is 13.7. The van der Waals surface area contributed by atoms with Gasteiger partial charge < -0.3 is 72.8 Å². The SMILES string of the molecule is O=Cc1ccc(C(=O)NCCOCCOCCOCCOCCOCCOCCOCCOCCOCCOCCOCCOCCC(=O)NCCNC(=O)CCN2C(=O)C=CC2=O)cc1. The Bertz CT molecular complexity index is 1450. The van der Waals surface area contributed by atoms with Crippen molar-refractivity contribution < 1.29 is 85.6 Å². The number of ether oxygens (including phenoxy) is 12. The number of carbonyl (C=O) groups is 6. The van der Waals surface area contributed by atoms with Crippen molar-refractivity contribution in [3.63, 3.8) is 0 Å². The summed E-state index contributed by atoms with van der Waals surface area (Å²) in [6, 6.07) is 6.40. The zero-order valence-electron chi connectivity index (χ0n) is 38.1. The molecular formula is C44H70N4O18. The van der Waals surface area contributed by atoms with Crippen LogP contribution in [0.3, 0.4) is 0 Å². The van der Waals surface area contributed by atoms with E-state index in [0.29, 0.717) is 170 Å². The van der Waals surface area contributed by atoms with E-state index in [0.717, 1.165) is 11.2 Å². The second-order valence-electron chi connectivity index (χ2n) is 13.7. The van der Waals surface area contributed by atoms with E-state index >= 15 is 0 Å². The first-order chi connectivity index (χ1) is 32.4. The normalized spacial score (nSPS) is 12.3. The van der Waals surface area contributed by atoms with Crippen LogP contribution in [-0.2, 0) is 76.0 Å². The van der Waals surface area contributed by atoms with Gasteiger partial charge >= 0.3 is 0 Å². The van der Waals surface area contributed by atoms with Crippen LogP contribution in [-0.4, -0.2) is 225 Å². The number of nitrogens with one attached hydrogen (secondary N) is 3. The largest absolute Gasteiger partial charge is 0.379 e. The first kappa shape index (κ1) is 57.8. The lowest BCUT2D eigenvalue weighted by atomic mass is 10.1. The van der Waals surface area contributed by atoms with Crippen molar-refractivity contribution in [1.82, 2.24) is 20.9 Å². The van der Waals surface area contributed by atoms with Gasteiger partial charge in [0, 0.05) is 62.3 Å². The molecule has 0 saturated heterocycles. The van der Waals surface area contributed by atoms with E-state index in [-0.39, 0.29) is 56.8 Å². The van der Waals surface area contributed by atoms with E-state index in [2.05, 4.69) is 16.0 Å². The van der Waals surface area contributed by atoms with Crippen molar-refractivity contribution >= 4 is 35.8 Å². The van der Waals surface area contributed by atoms with E-state index in [4.69, 9.17) is 56.8 Å². The number of amides is 5. The average Bonchev–Trinajstić information content (AvgIpc) is 3.65. The molecule has 1 aliphatic rings. The summed E-state index contributed by atoms with van der Waals surface area (Å²) in [7, 11) is 0. The Kier molecular flexibility index (Phi) is 36.9. The van der Waals surface area contributed by atoms with E-state index in [9.17, 15) is 28.8 Å². The highest BCUT2D eigenvalue weighted by Crippen LogP contribution is 2.04. The number of hydrogen-bond acceptors (Lipinski definition) is 18. The molecule has 3 N–H and O–H groups in total. The zero-order chi connectivity index (χ0) is 47.4. The molecule has 0 spiro atoms. The van der Waals surface area contributed by atoms with E-state index in [1.165, 1.54) is 12.2 Å². The molecule has 0 bridgehead atoms. The predicted octanol–water partition coefficient (Wildman–Crippen LogP) is -0.634. The highest BCUT2D eigenvalue weighted by atomic mass is 16.6. The zero-order valence-corrected chi connectivity index (χ0v) is 38.1. The van der Waals surface area contributed by atoms with Crippen LogP contribution in [0.4, 0.5) is 0 Å². The summed E-state index contributed by atoms with van der Waals surface area (Å²) in [5.41, 5.74) is 1.00. The van der Waals surface area contributed by atoms with Gasteiger partial charge in [0.15, 0.2) is 0 Å². The maximum atomic E-state index is 12.0. The molecule has 374 valence electrons. The van der Waals surface area contributed by atoms with E-state index in [1.54, 1.807) is 24.3 Å². The number of aldehydes is 1. The van der Waals surface area contributed by atoms with Crippen molar-refractivity contribution in [2.45, 2.75) is 12.8 Å². The molecule has 22 heteroatoms. The molecule has 2 rings (SSSR count). The molecule has 0 saturated carbocycles. The molecule has 1 heterocycles. The summed E-state index contributed by atoms with van der Waals surface area (Å²) >= 11 is 0. The van der Waals surface area contributed by atoms with Crippen molar-refractivity contribution in [3.8, 4) is 0 Å². The number of rotatable bonds is 47. The fraction of sp³-hybridized carbons (Fsp3) is 0.682. The number of benzene rings is 1. The van der Waals surface area contributed by atoms with E-state index in [1.807, 2.05) is 0 Å². The fourth-order valence-electron chi connectivity index (χ4n) is 5.18. The Hall–Kier alpha value is -4.30. The molecule has 0 unspecified atom stereocenters. The summed E-state index contributed by atoms with van der Waals surface area (Å²) in [6.45, 7) is 11.1. The molecule has 66 heavy (non-hydrogen) atoms. The third kappa shape index (κ3) is 33.2. The van der Waals surface area contributed by atoms with Gasteiger partial charge in [-0.25, -0.2) is 0 Å². The first-order valence-corrected chi connectivity index (χ1v) is 22.2. The van der Waals surface area contributed by atoms with Crippen molar-refractivity contribution in [3.05, 3.63) is 47.5 Å². The van der Waals surface area contributed by atoms with Gasteiger partial charge in [-0.15, -0.1) is 0 Å². The van der Waals surface area contributed by atoms with Crippen molar-refractivity contribution in [2.75, 3.05) is 185 Å². The van der Waals surface area contributed by atoms with Crippen LogP contribution in [0.15, 0.2) is 36.4 Å². The molecule has 0 atom stereocenters. The standard InChI is InChI=1S/C44H70N4O18/c49-37-38-1-3-39(4-2-38)44(54)47-11-14-56-16-18-58-20-22-60-24-26-62-28-30-64-32-34-66-36-35-65-33-31-63-29-27-61-25-23-59-21-19-57-17-15-55-13-8-41(51)46-10-9-45-40(50)7-12-48-42(52)5-6-43(48)53/h1-6,37H,7-36H2,(H,45,50)(H,46,51)(H,47,54). The molecular weight excluding hydrogens is 872 g/mol. The molecule has 0 aliphatic carbocycles. The number of nitrogens with zero attached hydrogens (tertiary/aromatic N) is 1. The van der Waals surface area contributed by atoms with Crippen LogP contribution in [0.2, 0.25) is 0 Å². The minimum Gasteiger partial charge on any atom is -0.379 e. The Morgan fingerprint density at radius 2 is 0.727 bits per heavy atom. The van der Waals surface area contributed by atoms with Gasteiger partial charge in [0.1, 0.15) is 6.29 Å². The Morgan fingerprint density at radius 3 is 1.08 bits per heavy atom. The van der Waals surface area contributed by atoms with Crippen LogP contribution in [0.25, 0.3) is 0 Å². The van der Waals surface area contributed by atoms with Gasteiger partial charge in [0.05, 0.1) is 159 Å². The Morgan fingerprint density at radius 1 is 0.409 bits per heavy atom. The lowest BCUT2D eigenvalue weighted by molar-refractivity contribution is -0.137. The monoisotopic (exact) mass is 942 g/mol. The summed E-state index contributed by atoms with van der Waals surface area (Å²) in [5, 5.41) is 8.06. The average molecular weight is 943 g/mol. The predicted molar refractivity (Wildman–Crippen MR) is 235 cm³/mol. The Labute approximate surface area is 386 Å². The number of imide groups is 1. The quantitative estimate of drug-likeness (QED) is 0.0418. The van der Waals surface area contributed by atoms with Crippen LogP contribution in [0, 0.1) is 0 Å². The smallest absolute Gasteiger partial charge is 0.253 e. The van der Waals surface area contributed by atoms with Crippen molar-refractivity contribution in [1.29, 1.82) is 0 Å². The van der Waals surface area contributed by atoms with Crippen LogP contribution < -0.4 is 16.0 Å². The molecule has 1 aromatic rings. The molecule has 0 radical (unpaired) electrons. The second kappa shape index (κ2) is 42.1. The maximum absolute atomic E-state index is 12.0. The maximum Gasteiger partial charge on any atom is 0.253 e. The van der Waals surface area contributed by atoms with Crippen molar-refractivity contribution in [2.24, 2.45) is 0 Å². The third-order valence-corrected chi connectivity index (χ3v) is 8.64. The fourth-order valence-corrected chi connectivity index (χ4v) is 5.18. The summed E-state index contributed by atoms with van der Waals surface area (Å²) in [5.74, 6) is -1.61. The number of carbonyl (C=O) groups excluding carboxylic acids is 6. The minimum atomic E-state index is -0.430. The minimum absolute atomic E-state index is 0.00610. The number of hydrogen-bond donors (Lipinski definition) is 3. The molecule has 1 aliphatic heterocycles. The third-order valence-electron chi connectivity index (χ3n) is 8.64. The lowest BCUT2D eigenvalue weighted by Gasteiger charge is -2.13. The molecule has 0 aromatic heterocycles. The summed E-state index contributed by atoms with van der Waals surface area (Å²) in [4.78, 5) is 70.4. The first-order valence-electron chi connectivity index (χ1n) is 22.2. The van der Waals surface area contributed by atoms with Gasteiger partial charge in [-0.1, -0.05) is 12.1 Å². The van der Waals surface area contributed by atoms with Gasteiger partial charge in [-0.2, -0.15) is 0 Å². The van der Waals surface area contributed by atoms with Gasteiger partial charge in [-0.3, -0.25) is 33.7 Å².